The van der Waals surface area contributed by atoms with Gasteiger partial charge in [0.2, 0.25) is 12.2 Å². The van der Waals surface area contributed by atoms with Gasteiger partial charge in [0.15, 0.2) is 0 Å². The van der Waals surface area contributed by atoms with E-state index in [1.165, 1.54) is 6.08 Å². The SMILES string of the molecule is CCNCC(=O)Nc1ccccc1/C=C/[C]=O. The molecule has 1 amide bonds. The molecule has 0 aliphatic heterocycles. The predicted octanol–water partition coefficient (Wildman–Crippen LogP) is 1.36. The van der Waals surface area contributed by atoms with E-state index in [1.807, 2.05) is 25.1 Å². The number of carbonyl (C=O) groups is 1. The van der Waals surface area contributed by atoms with Crippen molar-refractivity contribution in [3.05, 3.63) is 35.9 Å². The summed E-state index contributed by atoms with van der Waals surface area (Å²) >= 11 is 0. The first-order chi connectivity index (χ1) is 8.27. The van der Waals surface area contributed by atoms with Gasteiger partial charge in [0.1, 0.15) is 0 Å². The average Bonchev–Trinajstić information content (AvgIpc) is 2.35. The highest BCUT2D eigenvalue weighted by molar-refractivity contribution is 5.94. The third-order valence-corrected chi connectivity index (χ3v) is 2.10. The Morgan fingerprint density at radius 2 is 2.18 bits per heavy atom. The Labute approximate surface area is 101 Å². The van der Waals surface area contributed by atoms with Crippen molar-refractivity contribution in [3.63, 3.8) is 0 Å². The van der Waals surface area contributed by atoms with Gasteiger partial charge >= 0.3 is 0 Å². The summed E-state index contributed by atoms with van der Waals surface area (Å²) in [6.07, 6.45) is 4.56. The number of amides is 1. The molecule has 0 spiro atoms. The van der Waals surface area contributed by atoms with Crippen LogP contribution in [0.1, 0.15) is 12.5 Å². The van der Waals surface area contributed by atoms with E-state index in [0.29, 0.717) is 5.69 Å². The summed E-state index contributed by atoms with van der Waals surface area (Å²) < 4.78 is 0. The molecule has 1 rings (SSSR count). The number of hydrogen-bond acceptors (Lipinski definition) is 3. The third kappa shape index (κ3) is 4.61. The van der Waals surface area contributed by atoms with Crippen molar-refractivity contribution in [1.29, 1.82) is 0 Å². The van der Waals surface area contributed by atoms with E-state index in [1.54, 1.807) is 18.4 Å². The van der Waals surface area contributed by atoms with Crippen LogP contribution in [0.15, 0.2) is 30.3 Å². The molecule has 0 saturated carbocycles. The molecule has 4 heteroatoms. The molecule has 4 nitrogen and oxygen atoms in total. The second kappa shape index (κ2) is 7.35. The van der Waals surface area contributed by atoms with Gasteiger partial charge in [0.25, 0.3) is 0 Å². The van der Waals surface area contributed by atoms with Crippen molar-refractivity contribution < 1.29 is 9.59 Å². The summed E-state index contributed by atoms with van der Waals surface area (Å²) in [6.45, 7) is 2.95. The maximum Gasteiger partial charge on any atom is 0.238 e. The molecule has 0 bridgehead atoms. The van der Waals surface area contributed by atoms with Gasteiger partial charge in [0.05, 0.1) is 6.54 Å². The molecule has 0 aliphatic rings. The fraction of sp³-hybridized carbons (Fsp3) is 0.231. The molecule has 0 saturated heterocycles. The molecule has 0 atom stereocenters. The van der Waals surface area contributed by atoms with Gasteiger partial charge in [-0.25, -0.2) is 0 Å². The second-order valence-electron chi connectivity index (χ2n) is 3.37. The first kappa shape index (κ1) is 13.1. The zero-order valence-electron chi connectivity index (χ0n) is 9.69. The topological polar surface area (TPSA) is 58.2 Å². The average molecular weight is 231 g/mol. The second-order valence-corrected chi connectivity index (χ2v) is 3.37. The number of carbonyl (C=O) groups excluding carboxylic acids is 2. The van der Waals surface area contributed by atoms with Crippen LogP contribution >= 0.6 is 0 Å². The summed E-state index contributed by atoms with van der Waals surface area (Å²) in [5.74, 6) is -0.109. The first-order valence-electron chi connectivity index (χ1n) is 5.41. The fourth-order valence-electron chi connectivity index (χ4n) is 1.31. The number of allylic oxidation sites excluding steroid dienone is 1. The van der Waals surface area contributed by atoms with E-state index < -0.39 is 0 Å². The lowest BCUT2D eigenvalue weighted by Crippen LogP contribution is -2.27. The summed E-state index contributed by atoms with van der Waals surface area (Å²) in [5.41, 5.74) is 1.46. The molecule has 0 aromatic heterocycles. The number of rotatable bonds is 6. The van der Waals surface area contributed by atoms with Crippen LogP contribution in [0.4, 0.5) is 5.69 Å². The first-order valence-corrected chi connectivity index (χ1v) is 5.41. The quantitative estimate of drug-likeness (QED) is 0.727. The number of likely N-dealkylation sites (N-methyl/N-ethyl adjacent to an activating group) is 1. The van der Waals surface area contributed by atoms with Gasteiger partial charge < -0.3 is 10.6 Å². The lowest BCUT2D eigenvalue weighted by atomic mass is 10.1. The van der Waals surface area contributed by atoms with Crippen LogP contribution in [0, 0.1) is 0 Å². The van der Waals surface area contributed by atoms with Gasteiger partial charge in [-0.05, 0) is 30.3 Å². The summed E-state index contributed by atoms with van der Waals surface area (Å²) in [5, 5.41) is 5.71. The standard InChI is InChI=1S/C13H15N2O2/c1-2-14-10-13(17)15-12-8-4-3-6-11(12)7-5-9-16/h3-8,14H,2,10H2,1H3,(H,15,17)/b7-5+. The lowest BCUT2D eigenvalue weighted by Gasteiger charge is -2.08. The number of anilines is 1. The smallest absolute Gasteiger partial charge is 0.238 e. The highest BCUT2D eigenvalue weighted by Crippen LogP contribution is 2.16. The van der Waals surface area contributed by atoms with Crippen molar-refractivity contribution in [1.82, 2.24) is 5.32 Å². The Kier molecular flexibility index (Phi) is 5.68. The fourth-order valence-corrected chi connectivity index (χ4v) is 1.31. The maximum absolute atomic E-state index is 11.5. The molecule has 2 N–H and O–H groups in total. The van der Waals surface area contributed by atoms with Crippen molar-refractivity contribution >= 4 is 24.0 Å². The molecule has 0 heterocycles. The van der Waals surface area contributed by atoms with E-state index in [4.69, 9.17) is 0 Å². The van der Waals surface area contributed by atoms with Crippen molar-refractivity contribution in [2.24, 2.45) is 0 Å². The summed E-state index contributed by atoms with van der Waals surface area (Å²) in [7, 11) is 0. The van der Waals surface area contributed by atoms with E-state index in [-0.39, 0.29) is 12.5 Å². The minimum Gasteiger partial charge on any atom is -0.324 e. The highest BCUT2D eigenvalue weighted by atomic mass is 16.1. The minimum atomic E-state index is -0.109. The van der Waals surface area contributed by atoms with Gasteiger partial charge in [-0.15, -0.1) is 0 Å². The van der Waals surface area contributed by atoms with Crippen LogP contribution in [0.3, 0.4) is 0 Å². The lowest BCUT2D eigenvalue weighted by molar-refractivity contribution is -0.115. The maximum atomic E-state index is 11.5. The number of benzene rings is 1. The molecular formula is C13H15N2O2. The Hall–Kier alpha value is -1.94. The van der Waals surface area contributed by atoms with E-state index in [9.17, 15) is 9.59 Å². The van der Waals surface area contributed by atoms with E-state index >= 15 is 0 Å². The van der Waals surface area contributed by atoms with Crippen LogP contribution < -0.4 is 10.6 Å². The molecule has 1 aromatic rings. The minimum absolute atomic E-state index is 0.109. The zero-order chi connectivity index (χ0) is 12.5. The molecule has 0 unspecified atom stereocenters. The summed E-state index contributed by atoms with van der Waals surface area (Å²) in [6, 6.07) is 7.26. The van der Waals surface area contributed by atoms with Crippen LogP contribution in [0.2, 0.25) is 0 Å². The third-order valence-electron chi connectivity index (χ3n) is 2.10. The molecule has 0 fully saturated rings. The Morgan fingerprint density at radius 1 is 1.41 bits per heavy atom. The van der Waals surface area contributed by atoms with Gasteiger partial charge in [-0.1, -0.05) is 25.1 Å². The van der Waals surface area contributed by atoms with Gasteiger partial charge in [-0.3, -0.25) is 9.59 Å². The Morgan fingerprint density at radius 3 is 2.88 bits per heavy atom. The number of para-hydroxylation sites is 1. The van der Waals surface area contributed by atoms with Crippen LogP contribution in [-0.2, 0) is 9.59 Å². The number of hydrogen-bond donors (Lipinski definition) is 2. The van der Waals surface area contributed by atoms with Crippen molar-refractivity contribution in [3.8, 4) is 0 Å². The molecular weight excluding hydrogens is 216 g/mol. The monoisotopic (exact) mass is 231 g/mol. The van der Waals surface area contributed by atoms with Crippen molar-refractivity contribution in [2.75, 3.05) is 18.4 Å². The summed E-state index contributed by atoms with van der Waals surface area (Å²) in [4.78, 5) is 21.7. The Bertz CT molecular complexity index is 414. The van der Waals surface area contributed by atoms with Crippen LogP contribution in [0.25, 0.3) is 6.08 Å². The number of nitrogens with one attached hydrogen (secondary N) is 2. The zero-order valence-corrected chi connectivity index (χ0v) is 9.69. The predicted molar refractivity (Wildman–Crippen MR) is 68.3 cm³/mol. The Balaban J connectivity index is 2.72. The van der Waals surface area contributed by atoms with Gasteiger partial charge in [-0.2, -0.15) is 0 Å². The van der Waals surface area contributed by atoms with E-state index in [0.717, 1.165) is 12.1 Å². The largest absolute Gasteiger partial charge is 0.324 e. The molecule has 1 radical (unpaired) electrons. The van der Waals surface area contributed by atoms with E-state index in [2.05, 4.69) is 10.6 Å². The molecule has 1 aromatic carbocycles. The van der Waals surface area contributed by atoms with Crippen molar-refractivity contribution in [2.45, 2.75) is 6.92 Å². The van der Waals surface area contributed by atoms with Crippen LogP contribution in [0.5, 0.6) is 0 Å². The molecule has 0 aliphatic carbocycles. The van der Waals surface area contributed by atoms with Gasteiger partial charge in [0, 0.05) is 5.69 Å². The van der Waals surface area contributed by atoms with Crippen LogP contribution in [-0.4, -0.2) is 25.3 Å². The normalized spacial score (nSPS) is 10.4. The molecule has 17 heavy (non-hydrogen) atoms. The molecule has 89 valence electrons. The highest BCUT2D eigenvalue weighted by Gasteiger charge is 2.03.